The third-order valence-corrected chi connectivity index (χ3v) is 4.95. The van der Waals surface area contributed by atoms with Gasteiger partial charge in [-0.3, -0.25) is 0 Å². The Morgan fingerprint density at radius 2 is 1.75 bits per heavy atom. The molecule has 2 rings (SSSR count). The van der Waals surface area contributed by atoms with Crippen LogP contribution >= 0.6 is 0 Å². The number of hydrogen-bond acceptors (Lipinski definition) is 2. The monoisotopic (exact) mass is 237 g/mol. The van der Waals surface area contributed by atoms with Gasteiger partial charge in [-0.15, -0.1) is 0 Å². The van der Waals surface area contributed by atoms with Crippen LogP contribution < -0.4 is 0 Å². The van der Waals surface area contributed by atoms with Crippen molar-refractivity contribution >= 4 is 9.73 Å². The van der Waals surface area contributed by atoms with Gasteiger partial charge in [-0.25, -0.2) is 8.57 Å². The summed E-state index contributed by atoms with van der Waals surface area (Å²) in [4.78, 5) is 0.862. The third kappa shape index (κ3) is 2.85. The summed E-state index contributed by atoms with van der Waals surface area (Å²) in [6.07, 6.45) is 7.76. The van der Waals surface area contributed by atoms with E-state index in [-0.39, 0.29) is 0 Å². The fraction of sp³-hybridized carbons (Fsp3) is 0.538. The first-order valence-corrected chi connectivity index (χ1v) is 7.87. The zero-order chi connectivity index (χ0) is 11.4. The van der Waals surface area contributed by atoms with Crippen LogP contribution in [0.15, 0.2) is 39.6 Å². The average Bonchev–Trinajstić information content (AvgIpc) is 2.31. The molecule has 3 heteroatoms. The standard InChI is InChI=1S/C13H19NOS/c1-16(15,13-10-6-3-7-11-13)14-12-8-4-2-5-9-12/h3,6-7,10-12H,2,4-5,8-9H2,1H3/t16-/m0/s1. The molecule has 0 heterocycles. The lowest BCUT2D eigenvalue weighted by molar-refractivity contribution is 0.445. The van der Waals surface area contributed by atoms with Crippen molar-refractivity contribution in [3.05, 3.63) is 30.3 Å². The largest absolute Gasteiger partial charge is 0.245 e. The van der Waals surface area contributed by atoms with Crippen molar-refractivity contribution < 1.29 is 4.21 Å². The molecule has 0 bridgehead atoms. The zero-order valence-electron chi connectivity index (χ0n) is 9.76. The molecular weight excluding hydrogens is 218 g/mol. The van der Waals surface area contributed by atoms with Gasteiger partial charge in [-0.05, 0) is 25.0 Å². The van der Waals surface area contributed by atoms with Gasteiger partial charge in [-0.2, -0.15) is 0 Å². The average molecular weight is 237 g/mol. The Morgan fingerprint density at radius 3 is 2.38 bits per heavy atom. The van der Waals surface area contributed by atoms with Crippen molar-refractivity contribution in [2.75, 3.05) is 6.26 Å². The first kappa shape index (κ1) is 11.6. The molecule has 0 N–H and O–H groups in total. The lowest BCUT2D eigenvalue weighted by Crippen LogP contribution is -2.12. The molecule has 0 radical (unpaired) electrons. The summed E-state index contributed by atoms with van der Waals surface area (Å²) in [5, 5.41) is 0. The van der Waals surface area contributed by atoms with Crippen LogP contribution in [0.1, 0.15) is 32.1 Å². The topological polar surface area (TPSA) is 29.4 Å². The smallest absolute Gasteiger partial charge is 0.0725 e. The highest BCUT2D eigenvalue weighted by Gasteiger charge is 2.15. The van der Waals surface area contributed by atoms with E-state index >= 15 is 0 Å². The third-order valence-electron chi connectivity index (χ3n) is 3.11. The minimum atomic E-state index is -2.18. The normalized spacial score (nSPS) is 21.3. The van der Waals surface area contributed by atoms with Gasteiger partial charge in [-0.1, -0.05) is 37.5 Å². The van der Waals surface area contributed by atoms with Crippen LogP contribution in [0.4, 0.5) is 0 Å². The van der Waals surface area contributed by atoms with E-state index in [1.54, 1.807) is 6.26 Å². The van der Waals surface area contributed by atoms with E-state index in [2.05, 4.69) is 4.36 Å². The molecule has 0 aliphatic heterocycles. The quantitative estimate of drug-likeness (QED) is 0.774. The SMILES string of the molecule is C[S@@](=O)(=NC1CCCCC1)c1ccccc1. The molecular formula is C13H19NOS. The molecule has 88 valence electrons. The lowest BCUT2D eigenvalue weighted by atomic mass is 9.97. The Morgan fingerprint density at radius 1 is 1.12 bits per heavy atom. The van der Waals surface area contributed by atoms with Crippen LogP contribution in [0.2, 0.25) is 0 Å². The van der Waals surface area contributed by atoms with E-state index in [1.165, 1.54) is 19.3 Å². The van der Waals surface area contributed by atoms with Crippen molar-refractivity contribution in [1.29, 1.82) is 0 Å². The predicted molar refractivity (Wildman–Crippen MR) is 68.1 cm³/mol. The lowest BCUT2D eigenvalue weighted by Gasteiger charge is -2.18. The molecule has 1 saturated carbocycles. The summed E-state index contributed by atoms with van der Waals surface area (Å²) in [6.45, 7) is 0. The van der Waals surface area contributed by atoms with E-state index in [0.717, 1.165) is 17.7 Å². The molecule has 0 unspecified atom stereocenters. The minimum absolute atomic E-state index is 0.312. The summed E-state index contributed by atoms with van der Waals surface area (Å²) in [5.74, 6) is 0. The van der Waals surface area contributed by atoms with Crippen molar-refractivity contribution in [3.8, 4) is 0 Å². The van der Waals surface area contributed by atoms with Crippen LogP contribution in [-0.2, 0) is 9.73 Å². The minimum Gasteiger partial charge on any atom is -0.245 e. The molecule has 0 spiro atoms. The maximum absolute atomic E-state index is 12.5. The summed E-state index contributed by atoms with van der Waals surface area (Å²) >= 11 is 0. The van der Waals surface area contributed by atoms with Gasteiger partial charge in [0, 0.05) is 11.2 Å². The maximum Gasteiger partial charge on any atom is 0.0725 e. The molecule has 1 fully saturated rings. The van der Waals surface area contributed by atoms with Gasteiger partial charge >= 0.3 is 0 Å². The van der Waals surface area contributed by atoms with Gasteiger partial charge < -0.3 is 0 Å². The van der Waals surface area contributed by atoms with Crippen molar-refractivity contribution in [2.45, 2.75) is 43.0 Å². The fourth-order valence-electron chi connectivity index (χ4n) is 2.20. The summed E-state index contributed by atoms with van der Waals surface area (Å²) in [7, 11) is -2.18. The Balaban J connectivity index is 2.24. The second-order valence-corrected chi connectivity index (χ2v) is 6.80. The van der Waals surface area contributed by atoms with E-state index in [9.17, 15) is 4.21 Å². The molecule has 1 aromatic rings. The fourth-order valence-corrected chi connectivity index (χ4v) is 3.77. The molecule has 2 nitrogen and oxygen atoms in total. The van der Waals surface area contributed by atoms with Gasteiger partial charge in [0.2, 0.25) is 0 Å². The Kier molecular flexibility index (Phi) is 3.64. The van der Waals surface area contributed by atoms with E-state index in [1.807, 2.05) is 30.3 Å². The van der Waals surface area contributed by atoms with Crippen LogP contribution in [0.5, 0.6) is 0 Å². The van der Waals surface area contributed by atoms with Gasteiger partial charge in [0.1, 0.15) is 0 Å². The molecule has 0 amide bonds. The number of rotatable bonds is 2. The molecule has 0 saturated heterocycles. The molecule has 1 aromatic carbocycles. The Hall–Kier alpha value is -0.830. The van der Waals surface area contributed by atoms with Gasteiger partial charge in [0.25, 0.3) is 0 Å². The van der Waals surface area contributed by atoms with E-state index in [0.29, 0.717) is 6.04 Å². The van der Waals surface area contributed by atoms with Crippen molar-refractivity contribution in [1.82, 2.24) is 0 Å². The number of hydrogen-bond donors (Lipinski definition) is 0. The second-order valence-electron chi connectivity index (χ2n) is 4.51. The molecule has 1 aliphatic rings. The van der Waals surface area contributed by atoms with Crippen LogP contribution in [-0.4, -0.2) is 16.5 Å². The number of benzene rings is 1. The molecule has 1 aliphatic carbocycles. The highest BCUT2D eigenvalue weighted by atomic mass is 32.2. The van der Waals surface area contributed by atoms with E-state index < -0.39 is 9.73 Å². The second kappa shape index (κ2) is 5.00. The highest BCUT2D eigenvalue weighted by Crippen LogP contribution is 2.23. The maximum atomic E-state index is 12.5. The Bertz CT molecular complexity index is 440. The molecule has 16 heavy (non-hydrogen) atoms. The van der Waals surface area contributed by atoms with E-state index in [4.69, 9.17) is 0 Å². The molecule has 0 aromatic heterocycles. The van der Waals surface area contributed by atoms with Crippen LogP contribution in [0.25, 0.3) is 0 Å². The zero-order valence-corrected chi connectivity index (χ0v) is 10.6. The van der Waals surface area contributed by atoms with Gasteiger partial charge in [0.05, 0.1) is 15.8 Å². The summed E-state index contributed by atoms with van der Waals surface area (Å²) in [6, 6.07) is 9.93. The Labute approximate surface area is 98.3 Å². The number of nitrogens with zero attached hydrogens (tertiary/aromatic N) is 1. The summed E-state index contributed by atoms with van der Waals surface area (Å²) < 4.78 is 17.1. The highest BCUT2D eigenvalue weighted by molar-refractivity contribution is 7.93. The predicted octanol–water partition coefficient (Wildman–Crippen LogP) is 3.48. The van der Waals surface area contributed by atoms with Gasteiger partial charge in [0.15, 0.2) is 0 Å². The van der Waals surface area contributed by atoms with Crippen LogP contribution in [0, 0.1) is 0 Å². The van der Waals surface area contributed by atoms with Crippen LogP contribution in [0.3, 0.4) is 0 Å². The van der Waals surface area contributed by atoms with Crippen molar-refractivity contribution in [3.63, 3.8) is 0 Å². The first-order chi connectivity index (χ1) is 7.68. The first-order valence-electron chi connectivity index (χ1n) is 5.95. The van der Waals surface area contributed by atoms with Crippen molar-refractivity contribution in [2.24, 2.45) is 4.36 Å². The summed E-state index contributed by atoms with van der Waals surface area (Å²) in [5.41, 5.74) is 0. The molecule has 1 atom stereocenters.